The zero-order chi connectivity index (χ0) is 10.8. The molecule has 0 unspecified atom stereocenters. The van der Waals surface area contributed by atoms with Gasteiger partial charge in [0.05, 0.1) is 11.7 Å². The van der Waals surface area contributed by atoms with E-state index in [2.05, 4.69) is 46.0 Å². The Morgan fingerprint density at radius 2 is 2.27 bits per heavy atom. The van der Waals surface area contributed by atoms with Gasteiger partial charge in [-0.3, -0.25) is 5.10 Å². The minimum atomic E-state index is 1.11. The molecular formula is C12H15BrN2. The SMILES string of the molecule is CCCCc1c(C)cc2[nH]ncc2c1Br. The molecule has 1 heterocycles. The topological polar surface area (TPSA) is 28.7 Å². The van der Waals surface area contributed by atoms with Crippen LogP contribution in [0.15, 0.2) is 16.7 Å². The molecule has 0 saturated heterocycles. The van der Waals surface area contributed by atoms with E-state index in [4.69, 9.17) is 0 Å². The summed E-state index contributed by atoms with van der Waals surface area (Å²) in [6.07, 6.45) is 5.50. The molecule has 15 heavy (non-hydrogen) atoms. The number of nitrogens with one attached hydrogen (secondary N) is 1. The fourth-order valence-corrected chi connectivity index (χ4v) is 2.71. The van der Waals surface area contributed by atoms with Gasteiger partial charge in [-0.2, -0.15) is 5.10 Å². The third-order valence-electron chi connectivity index (χ3n) is 2.79. The lowest BCUT2D eigenvalue weighted by atomic mass is 10.0. The van der Waals surface area contributed by atoms with E-state index in [0.29, 0.717) is 0 Å². The lowest BCUT2D eigenvalue weighted by molar-refractivity contribution is 0.790. The fraction of sp³-hybridized carbons (Fsp3) is 0.417. The molecule has 0 radical (unpaired) electrons. The summed E-state index contributed by atoms with van der Waals surface area (Å²) in [6.45, 7) is 4.38. The Labute approximate surface area is 98.2 Å². The average molecular weight is 267 g/mol. The molecule has 0 atom stereocenters. The van der Waals surface area contributed by atoms with Crippen LogP contribution in [0, 0.1) is 6.92 Å². The van der Waals surface area contributed by atoms with E-state index in [9.17, 15) is 0 Å². The standard InChI is InChI=1S/C12H15BrN2/c1-3-4-5-9-8(2)6-11-10(12(9)13)7-14-15-11/h6-7H,3-5H2,1-2H3,(H,14,15). The van der Waals surface area contributed by atoms with Crippen LogP contribution in [0.3, 0.4) is 0 Å². The van der Waals surface area contributed by atoms with Crippen LogP contribution in [0.1, 0.15) is 30.9 Å². The summed E-state index contributed by atoms with van der Waals surface area (Å²) >= 11 is 3.68. The Balaban J connectivity index is 2.52. The van der Waals surface area contributed by atoms with Crippen LogP contribution in [0.2, 0.25) is 0 Å². The van der Waals surface area contributed by atoms with Crippen LogP contribution in [-0.4, -0.2) is 10.2 Å². The maximum Gasteiger partial charge on any atom is 0.0664 e. The average Bonchev–Trinajstić information content (AvgIpc) is 2.65. The number of rotatable bonds is 3. The van der Waals surface area contributed by atoms with Crippen LogP contribution in [0.4, 0.5) is 0 Å². The third kappa shape index (κ3) is 1.93. The molecule has 0 saturated carbocycles. The molecule has 2 aromatic rings. The largest absolute Gasteiger partial charge is 0.278 e. The molecule has 3 heteroatoms. The molecule has 80 valence electrons. The summed E-state index contributed by atoms with van der Waals surface area (Å²) in [5.74, 6) is 0. The van der Waals surface area contributed by atoms with Crippen molar-refractivity contribution in [1.29, 1.82) is 0 Å². The van der Waals surface area contributed by atoms with Crippen molar-refractivity contribution in [1.82, 2.24) is 10.2 Å². The van der Waals surface area contributed by atoms with Gasteiger partial charge in [0.15, 0.2) is 0 Å². The van der Waals surface area contributed by atoms with E-state index in [1.807, 2.05) is 6.20 Å². The van der Waals surface area contributed by atoms with Crippen molar-refractivity contribution in [3.8, 4) is 0 Å². The summed E-state index contributed by atoms with van der Waals surface area (Å²) in [7, 11) is 0. The van der Waals surface area contributed by atoms with Gasteiger partial charge in [-0.15, -0.1) is 0 Å². The van der Waals surface area contributed by atoms with E-state index >= 15 is 0 Å². The van der Waals surface area contributed by atoms with E-state index in [1.165, 1.54) is 33.8 Å². The fourth-order valence-electron chi connectivity index (χ4n) is 1.88. The molecule has 1 aromatic heterocycles. The van der Waals surface area contributed by atoms with Crippen molar-refractivity contribution in [3.05, 3.63) is 27.9 Å². The van der Waals surface area contributed by atoms with Gasteiger partial charge in [0.1, 0.15) is 0 Å². The molecule has 0 bridgehead atoms. The highest BCUT2D eigenvalue weighted by molar-refractivity contribution is 9.10. The Kier molecular flexibility index (Phi) is 3.10. The summed E-state index contributed by atoms with van der Waals surface area (Å²) in [6, 6.07) is 2.18. The van der Waals surface area contributed by atoms with Gasteiger partial charge in [-0.1, -0.05) is 13.3 Å². The second kappa shape index (κ2) is 4.35. The number of H-pyrrole nitrogens is 1. The first-order chi connectivity index (χ1) is 7.24. The molecule has 2 rings (SSSR count). The minimum absolute atomic E-state index is 1.11. The minimum Gasteiger partial charge on any atom is -0.278 e. The summed E-state index contributed by atoms with van der Waals surface area (Å²) in [4.78, 5) is 0. The lowest BCUT2D eigenvalue weighted by Gasteiger charge is -2.08. The van der Waals surface area contributed by atoms with Gasteiger partial charge in [0.25, 0.3) is 0 Å². The predicted octanol–water partition coefficient (Wildman–Crippen LogP) is 3.98. The number of aromatic amines is 1. The van der Waals surface area contributed by atoms with E-state index in [-0.39, 0.29) is 0 Å². The number of hydrogen-bond acceptors (Lipinski definition) is 1. The van der Waals surface area contributed by atoms with Crippen LogP contribution in [0.25, 0.3) is 10.9 Å². The number of halogens is 1. The van der Waals surface area contributed by atoms with Crippen molar-refractivity contribution in [2.75, 3.05) is 0 Å². The van der Waals surface area contributed by atoms with E-state index in [1.54, 1.807) is 0 Å². The Morgan fingerprint density at radius 1 is 1.47 bits per heavy atom. The van der Waals surface area contributed by atoms with Crippen molar-refractivity contribution in [2.45, 2.75) is 33.1 Å². The Bertz CT molecular complexity index is 474. The molecule has 0 aliphatic heterocycles. The van der Waals surface area contributed by atoms with Crippen molar-refractivity contribution < 1.29 is 0 Å². The first kappa shape index (κ1) is 10.7. The second-order valence-corrected chi connectivity index (χ2v) is 4.71. The normalized spacial score (nSPS) is 11.1. The highest BCUT2D eigenvalue weighted by atomic mass is 79.9. The molecule has 0 fully saturated rings. The molecule has 1 N–H and O–H groups in total. The maximum atomic E-state index is 4.07. The smallest absolute Gasteiger partial charge is 0.0664 e. The van der Waals surface area contributed by atoms with Gasteiger partial charge < -0.3 is 0 Å². The third-order valence-corrected chi connectivity index (χ3v) is 3.69. The van der Waals surface area contributed by atoms with E-state index in [0.717, 1.165) is 11.9 Å². The lowest BCUT2D eigenvalue weighted by Crippen LogP contribution is -1.92. The van der Waals surface area contributed by atoms with Crippen LogP contribution in [0.5, 0.6) is 0 Å². The zero-order valence-electron chi connectivity index (χ0n) is 9.10. The van der Waals surface area contributed by atoms with Crippen molar-refractivity contribution in [3.63, 3.8) is 0 Å². The molecule has 2 nitrogen and oxygen atoms in total. The van der Waals surface area contributed by atoms with Gasteiger partial charge >= 0.3 is 0 Å². The van der Waals surface area contributed by atoms with Crippen LogP contribution < -0.4 is 0 Å². The highest BCUT2D eigenvalue weighted by Gasteiger charge is 2.09. The quantitative estimate of drug-likeness (QED) is 0.895. The number of nitrogens with zero attached hydrogens (tertiary/aromatic N) is 1. The number of aromatic nitrogens is 2. The molecular weight excluding hydrogens is 252 g/mol. The number of benzene rings is 1. The first-order valence-corrected chi connectivity index (χ1v) is 6.14. The summed E-state index contributed by atoms with van der Waals surface area (Å²) < 4.78 is 1.21. The van der Waals surface area contributed by atoms with Gasteiger partial charge in [0.2, 0.25) is 0 Å². The highest BCUT2D eigenvalue weighted by Crippen LogP contribution is 2.30. The number of aryl methyl sites for hydroxylation is 1. The molecule has 0 amide bonds. The van der Waals surface area contributed by atoms with Gasteiger partial charge in [-0.25, -0.2) is 0 Å². The number of hydrogen-bond donors (Lipinski definition) is 1. The monoisotopic (exact) mass is 266 g/mol. The first-order valence-electron chi connectivity index (χ1n) is 5.35. The van der Waals surface area contributed by atoms with Gasteiger partial charge in [-0.05, 0) is 52.9 Å². The summed E-state index contributed by atoms with van der Waals surface area (Å²) in [5.41, 5.74) is 3.87. The Morgan fingerprint density at radius 3 is 3.00 bits per heavy atom. The molecule has 0 aliphatic rings. The van der Waals surface area contributed by atoms with Crippen LogP contribution in [-0.2, 0) is 6.42 Å². The second-order valence-electron chi connectivity index (χ2n) is 3.92. The zero-order valence-corrected chi connectivity index (χ0v) is 10.7. The number of unbranched alkanes of at least 4 members (excludes halogenated alkanes) is 1. The molecule has 1 aromatic carbocycles. The Hall–Kier alpha value is -0.830. The van der Waals surface area contributed by atoms with Crippen molar-refractivity contribution in [2.24, 2.45) is 0 Å². The van der Waals surface area contributed by atoms with E-state index < -0.39 is 0 Å². The summed E-state index contributed by atoms with van der Waals surface area (Å²) in [5, 5.41) is 8.26. The molecule has 0 spiro atoms. The molecule has 0 aliphatic carbocycles. The van der Waals surface area contributed by atoms with Crippen LogP contribution >= 0.6 is 15.9 Å². The maximum absolute atomic E-state index is 4.07. The number of fused-ring (bicyclic) bond motifs is 1. The predicted molar refractivity (Wildman–Crippen MR) is 67.1 cm³/mol. The van der Waals surface area contributed by atoms with Crippen molar-refractivity contribution >= 4 is 26.8 Å². The van der Waals surface area contributed by atoms with Gasteiger partial charge in [0, 0.05) is 9.86 Å².